The summed E-state index contributed by atoms with van der Waals surface area (Å²) in [4.78, 5) is 16.4. The predicted octanol–water partition coefficient (Wildman–Crippen LogP) is 4.19. The van der Waals surface area contributed by atoms with Gasteiger partial charge in [-0.3, -0.25) is 5.10 Å². The van der Waals surface area contributed by atoms with Crippen LogP contribution in [0.15, 0.2) is 36.5 Å². The second-order valence-electron chi connectivity index (χ2n) is 9.05. The Labute approximate surface area is 188 Å². The maximum absolute atomic E-state index is 13.8. The molecule has 1 aliphatic rings. The first-order valence-electron chi connectivity index (χ1n) is 10.7. The van der Waals surface area contributed by atoms with Gasteiger partial charge >= 0.3 is 5.97 Å². The van der Waals surface area contributed by atoms with Gasteiger partial charge in [0.25, 0.3) is 0 Å². The molecule has 1 fully saturated rings. The smallest absolute Gasteiger partial charge is 0.332 e. The molecule has 168 valence electrons. The van der Waals surface area contributed by atoms with Crippen LogP contribution in [0.5, 0.6) is 0 Å². The summed E-state index contributed by atoms with van der Waals surface area (Å²) in [6.45, 7) is 4.19. The second-order valence-corrected chi connectivity index (χ2v) is 9.05. The third kappa shape index (κ3) is 3.43. The average molecular weight is 447 g/mol. The molecule has 5 rings (SSSR count). The first-order chi connectivity index (χ1) is 15.8. The van der Waals surface area contributed by atoms with E-state index in [0.717, 1.165) is 27.8 Å². The number of aromatic amines is 1. The molecule has 4 heterocycles. The number of hydrogen-bond acceptors (Lipinski definition) is 5. The van der Waals surface area contributed by atoms with Gasteiger partial charge in [0, 0.05) is 40.1 Å². The molecule has 33 heavy (non-hydrogen) atoms. The van der Waals surface area contributed by atoms with Gasteiger partial charge in [0.2, 0.25) is 0 Å². The van der Waals surface area contributed by atoms with Crippen molar-refractivity contribution < 1.29 is 19.0 Å². The van der Waals surface area contributed by atoms with Crippen molar-refractivity contribution in [2.75, 3.05) is 6.61 Å². The summed E-state index contributed by atoms with van der Waals surface area (Å²) in [6.07, 6.45) is 1.31. The summed E-state index contributed by atoms with van der Waals surface area (Å²) in [7, 11) is 0. The van der Waals surface area contributed by atoms with E-state index >= 15 is 0 Å². The molecular weight excluding hydrogens is 425 g/mol. The van der Waals surface area contributed by atoms with Gasteiger partial charge in [0.05, 0.1) is 29.9 Å². The molecule has 1 saturated heterocycles. The Bertz CT molecular complexity index is 1410. The van der Waals surface area contributed by atoms with E-state index < -0.39 is 17.5 Å². The molecule has 1 unspecified atom stereocenters. The molecule has 9 heteroatoms. The monoisotopic (exact) mass is 447 g/mol. The number of pyridine rings is 1. The van der Waals surface area contributed by atoms with Crippen molar-refractivity contribution in [1.82, 2.24) is 19.7 Å². The van der Waals surface area contributed by atoms with Crippen LogP contribution in [-0.4, -0.2) is 43.5 Å². The van der Waals surface area contributed by atoms with E-state index in [-0.39, 0.29) is 24.8 Å². The van der Waals surface area contributed by atoms with Crippen LogP contribution >= 0.6 is 0 Å². The van der Waals surface area contributed by atoms with E-state index in [9.17, 15) is 19.6 Å². The Kier molecular flexibility index (Phi) is 4.91. The molecule has 0 saturated carbocycles. The topological polar surface area (TPSA) is 117 Å². The zero-order chi connectivity index (χ0) is 23.3. The Hall–Kier alpha value is -3.77. The number of aliphatic carboxylic acids is 1. The summed E-state index contributed by atoms with van der Waals surface area (Å²) in [5.74, 6) is -1.57. The van der Waals surface area contributed by atoms with Crippen LogP contribution < -0.4 is 0 Å². The fraction of sp³-hybridized carbons (Fsp3) is 0.333. The first kappa shape index (κ1) is 21.1. The third-order valence-corrected chi connectivity index (χ3v) is 6.31. The molecule has 3 aromatic heterocycles. The van der Waals surface area contributed by atoms with E-state index in [1.54, 1.807) is 18.3 Å². The number of nitriles is 1. The van der Waals surface area contributed by atoms with Crippen molar-refractivity contribution in [3.05, 3.63) is 53.6 Å². The van der Waals surface area contributed by atoms with E-state index in [1.165, 1.54) is 12.1 Å². The van der Waals surface area contributed by atoms with E-state index in [2.05, 4.69) is 16.3 Å². The molecule has 8 nitrogen and oxygen atoms in total. The molecule has 0 amide bonds. The number of carboxylic acid groups (broad SMARTS) is 1. The first-order valence-corrected chi connectivity index (χ1v) is 10.7. The van der Waals surface area contributed by atoms with Crippen molar-refractivity contribution in [3.63, 3.8) is 0 Å². The van der Waals surface area contributed by atoms with Gasteiger partial charge in [0.15, 0.2) is 11.8 Å². The number of carbonyl (C=O) groups is 1. The largest absolute Gasteiger partial charge is 0.479 e. The van der Waals surface area contributed by atoms with Gasteiger partial charge in [-0.2, -0.15) is 10.4 Å². The number of nitrogens with one attached hydrogen (secondary N) is 1. The normalized spacial score (nSPS) is 18.7. The summed E-state index contributed by atoms with van der Waals surface area (Å²) in [5.41, 5.74) is 3.91. The van der Waals surface area contributed by atoms with Crippen molar-refractivity contribution in [2.45, 2.75) is 44.1 Å². The van der Waals surface area contributed by atoms with Gasteiger partial charge < -0.3 is 14.4 Å². The van der Waals surface area contributed by atoms with Crippen LogP contribution in [0.4, 0.5) is 4.39 Å². The van der Waals surface area contributed by atoms with Crippen LogP contribution in [-0.2, 0) is 14.9 Å². The van der Waals surface area contributed by atoms with Gasteiger partial charge in [0.1, 0.15) is 5.82 Å². The fourth-order valence-corrected chi connectivity index (χ4v) is 4.78. The summed E-state index contributed by atoms with van der Waals surface area (Å²) < 4.78 is 21.4. The molecule has 0 radical (unpaired) electrons. The van der Waals surface area contributed by atoms with E-state index in [1.807, 2.05) is 24.5 Å². The predicted molar refractivity (Wildman–Crippen MR) is 119 cm³/mol. The molecule has 1 aliphatic heterocycles. The number of nitrogens with zero attached hydrogens (tertiary/aromatic N) is 4. The number of aromatic nitrogens is 4. The van der Waals surface area contributed by atoms with Crippen LogP contribution in [0.25, 0.3) is 27.8 Å². The number of ether oxygens (including phenoxy) is 1. The molecule has 0 aliphatic carbocycles. The molecule has 1 aromatic carbocycles. The van der Waals surface area contributed by atoms with Crippen molar-refractivity contribution in [3.8, 4) is 11.8 Å². The average Bonchev–Trinajstić information content (AvgIpc) is 3.49. The minimum atomic E-state index is -0.999. The van der Waals surface area contributed by atoms with Crippen LogP contribution in [0.3, 0.4) is 0 Å². The van der Waals surface area contributed by atoms with E-state index in [4.69, 9.17) is 9.72 Å². The summed E-state index contributed by atoms with van der Waals surface area (Å²) >= 11 is 0. The maximum atomic E-state index is 13.8. The molecule has 0 bridgehead atoms. The molecule has 2 atom stereocenters. The number of H-pyrrole nitrogens is 1. The van der Waals surface area contributed by atoms with Crippen molar-refractivity contribution in [1.29, 1.82) is 5.26 Å². The highest BCUT2D eigenvalue weighted by molar-refractivity contribution is 5.94. The van der Waals surface area contributed by atoms with Crippen molar-refractivity contribution >= 4 is 28.0 Å². The zero-order valence-electron chi connectivity index (χ0n) is 18.2. The lowest BCUT2D eigenvalue weighted by Crippen LogP contribution is -2.24. The molecule has 4 aromatic rings. The number of hydrogen-bond donors (Lipinski definition) is 2. The highest BCUT2D eigenvalue weighted by Crippen LogP contribution is 2.45. The molecule has 2 N–H and O–H groups in total. The highest BCUT2D eigenvalue weighted by atomic mass is 19.1. The molecular formula is C24H22FN5O3. The lowest BCUT2D eigenvalue weighted by molar-refractivity contribution is -0.147. The lowest BCUT2D eigenvalue weighted by atomic mass is 9.80. The maximum Gasteiger partial charge on any atom is 0.332 e. The van der Waals surface area contributed by atoms with Crippen LogP contribution in [0.2, 0.25) is 0 Å². The highest BCUT2D eigenvalue weighted by Gasteiger charge is 2.40. The Morgan fingerprint density at radius 3 is 2.82 bits per heavy atom. The Morgan fingerprint density at radius 1 is 1.39 bits per heavy atom. The standard InChI is InChI=1S/C24H22FN5O3/c1-24(2,7-8-26)21-19(14-10-18(23(31)32)33-12-14)20-17(9-13-11-27-29-22(13)28-20)30(21)16-5-3-15(25)4-6-16/h3-6,9,11,14,18H,7,10,12H2,1-2H3,(H,31,32)(H,27,28,29)/t14?,18-/m1/s1. The van der Waals surface area contributed by atoms with E-state index in [0.29, 0.717) is 17.6 Å². The number of carboxylic acids is 1. The summed E-state index contributed by atoms with van der Waals surface area (Å²) in [6, 6.07) is 10.4. The SMILES string of the molecule is CC(C)(CC#N)c1c(C2CO[C@@H](C(=O)O)C2)c2nc3[nH]ncc3cc2n1-c1ccc(F)cc1. The van der Waals surface area contributed by atoms with Gasteiger partial charge in [-0.15, -0.1) is 0 Å². The minimum Gasteiger partial charge on any atom is -0.479 e. The fourth-order valence-electron chi connectivity index (χ4n) is 4.78. The number of fused-ring (bicyclic) bond motifs is 2. The number of rotatable bonds is 5. The minimum absolute atomic E-state index is 0.226. The zero-order valence-corrected chi connectivity index (χ0v) is 18.2. The Balaban J connectivity index is 1.87. The quantitative estimate of drug-likeness (QED) is 0.474. The third-order valence-electron chi connectivity index (χ3n) is 6.31. The van der Waals surface area contributed by atoms with Crippen LogP contribution in [0.1, 0.15) is 43.9 Å². The second kappa shape index (κ2) is 7.67. The van der Waals surface area contributed by atoms with Crippen molar-refractivity contribution in [2.24, 2.45) is 0 Å². The van der Waals surface area contributed by atoms with Gasteiger partial charge in [-0.25, -0.2) is 14.2 Å². The van der Waals surface area contributed by atoms with Crippen LogP contribution in [0, 0.1) is 17.1 Å². The summed E-state index contributed by atoms with van der Waals surface area (Å²) in [5, 5.41) is 26.9. The lowest BCUT2D eigenvalue weighted by Gasteiger charge is -2.27. The Morgan fingerprint density at radius 2 is 2.15 bits per heavy atom. The molecule has 0 spiro atoms. The number of benzene rings is 1. The van der Waals surface area contributed by atoms with Gasteiger partial charge in [-0.1, -0.05) is 13.8 Å². The number of halogens is 1. The van der Waals surface area contributed by atoms with Gasteiger partial charge in [-0.05, 0) is 36.8 Å².